The Morgan fingerprint density at radius 3 is 1.33 bits per heavy atom. The minimum atomic E-state index is 0. The van der Waals surface area contributed by atoms with Gasteiger partial charge in [0.05, 0.1) is 0 Å². The monoisotopic (exact) mass is 190 g/mol. The van der Waals surface area contributed by atoms with Gasteiger partial charge in [0.1, 0.15) is 0 Å². The zero-order chi connectivity index (χ0) is 3.58. The van der Waals surface area contributed by atoms with E-state index in [9.17, 15) is 0 Å². The minimum Gasteiger partial charge on any atom is -0.515 e. The first-order valence-electron chi connectivity index (χ1n) is 1.29. The maximum absolute atomic E-state index is 5.03. The summed E-state index contributed by atoms with van der Waals surface area (Å²) < 4.78 is 0. The molecule has 39 valence electrons. The summed E-state index contributed by atoms with van der Waals surface area (Å²) in [6.07, 6.45) is 0. The normalized spacial score (nSPS) is 4.33. The Morgan fingerprint density at radius 2 is 1.33 bits per heavy atom. The van der Waals surface area contributed by atoms with Crippen LogP contribution in [0.3, 0.4) is 0 Å². The standard InChI is InChI=1S/C4H7.BrH.Mn/c1-4(2)3;;/h1H,2-3H3;1H;/q-1;;. The molecule has 0 aliphatic rings. The largest absolute Gasteiger partial charge is 0.515 e. The molecule has 0 saturated heterocycles. The van der Waals surface area contributed by atoms with Crippen molar-refractivity contribution in [2.45, 2.75) is 13.8 Å². The molecule has 0 N–H and O–H groups in total. The number of allylic oxidation sites excluding steroid dienone is 1. The van der Waals surface area contributed by atoms with E-state index < -0.39 is 0 Å². The Labute approximate surface area is 60.3 Å². The van der Waals surface area contributed by atoms with E-state index >= 15 is 0 Å². The molecule has 1 radical (unpaired) electrons. The van der Waals surface area contributed by atoms with Gasteiger partial charge in [-0.1, -0.05) is 13.8 Å². The maximum Gasteiger partial charge on any atom is 0 e. The minimum absolute atomic E-state index is 0. The van der Waals surface area contributed by atoms with E-state index in [1.807, 2.05) is 13.8 Å². The van der Waals surface area contributed by atoms with Crippen molar-refractivity contribution in [3.05, 3.63) is 12.2 Å². The van der Waals surface area contributed by atoms with E-state index in [2.05, 4.69) is 0 Å². The first-order valence-corrected chi connectivity index (χ1v) is 1.29. The van der Waals surface area contributed by atoms with Crippen molar-refractivity contribution in [3.8, 4) is 0 Å². The molecule has 0 aromatic rings. The molecule has 0 saturated carbocycles. The smallest absolute Gasteiger partial charge is 0 e. The van der Waals surface area contributed by atoms with Gasteiger partial charge in [-0.2, -0.15) is 0 Å². The van der Waals surface area contributed by atoms with Crippen LogP contribution in [0.4, 0.5) is 0 Å². The van der Waals surface area contributed by atoms with Crippen LogP contribution < -0.4 is 0 Å². The van der Waals surface area contributed by atoms with Crippen LogP contribution in [-0.2, 0) is 17.1 Å². The molecule has 0 unspecified atom stereocenters. The second-order valence-corrected chi connectivity index (χ2v) is 1.08. The van der Waals surface area contributed by atoms with E-state index in [1.54, 1.807) is 0 Å². The molecule has 0 nitrogen and oxygen atoms in total. The van der Waals surface area contributed by atoms with E-state index in [1.165, 1.54) is 0 Å². The molecule has 0 aliphatic heterocycles. The molecule has 0 bridgehead atoms. The Balaban J connectivity index is -0.0000000450. The molecule has 2 heteroatoms. The van der Waals surface area contributed by atoms with Crippen LogP contribution in [0.15, 0.2) is 5.57 Å². The first kappa shape index (κ1) is 15.9. The fraction of sp³-hybridized carbons (Fsp3) is 0.500. The summed E-state index contributed by atoms with van der Waals surface area (Å²) in [7, 11) is 0. The first-order chi connectivity index (χ1) is 1.73. The van der Waals surface area contributed by atoms with E-state index in [0.717, 1.165) is 5.57 Å². The fourth-order valence-electron chi connectivity index (χ4n) is 0. The van der Waals surface area contributed by atoms with Crippen molar-refractivity contribution in [3.63, 3.8) is 0 Å². The van der Waals surface area contributed by atoms with E-state index in [4.69, 9.17) is 6.58 Å². The Bertz CT molecular complexity index is 30.5. The average Bonchev–Trinajstić information content (AvgIpc) is 0.811. The summed E-state index contributed by atoms with van der Waals surface area (Å²) >= 11 is 0. The summed E-state index contributed by atoms with van der Waals surface area (Å²) in [5, 5.41) is 0. The summed E-state index contributed by atoms with van der Waals surface area (Å²) in [5.74, 6) is 0. The Morgan fingerprint density at radius 1 is 1.33 bits per heavy atom. The van der Waals surface area contributed by atoms with Crippen LogP contribution in [0.25, 0.3) is 0 Å². The van der Waals surface area contributed by atoms with Crippen molar-refractivity contribution in [2.24, 2.45) is 0 Å². The van der Waals surface area contributed by atoms with Crippen molar-refractivity contribution >= 4 is 17.0 Å². The molecule has 0 aromatic carbocycles. The fourth-order valence-corrected chi connectivity index (χ4v) is 0. The SMILES string of the molecule is Br.[CH-]=C(C)C.[Mn]. The summed E-state index contributed by atoms with van der Waals surface area (Å²) in [5.41, 5.74) is 0.917. The molecule has 0 fully saturated rings. The molecular formula is C4H8BrMn-. The van der Waals surface area contributed by atoms with Crippen LogP contribution in [0.5, 0.6) is 0 Å². The van der Waals surface area contributed by atoms with Crippen molar-refractivity contribution in [1.82, 2.24) is 0 Å². The van der Waals surface area contributed by atoms with Gasteiger partial charge in [0.25, 0.3) is 0 Å². The van der Waals surface area contributed by atoms with Gasteiger partial charge in [0.2, 0.25) is 0 Å². The molecule has 0 amide bonds. The summed E-state index contributed by atoms with van der Waals surface area (Å²) in [6, 6.07) is 0. The van der Waals surface area contributed by atoms with Gasteiger partial charge < -0.3 is 6.58 Å². The topological polar surface area (TPSA) is 0 Å². The van der Waals surface area contributed by atoms with Crippen molar-refractivity contribution in [1.29, 1.82) is 0 Å². The van der Waals surface area contributed by atoms with Gasteiger partial charge in [-0.05, 0) is 0 Å². The molecule has 6 heavy (non-hydrogen) atoms. The summed E-state index contributed by atoms with van der Waals surface area (Å²) in [6.45, 7) is 8.75. The third-order valence-corrected chi connectivity index (χ3v) is 0. The van der Waals surface area contributed by atoms with Gasteiger partial charge in [-0.15, -0.1) is 17.0 Å². The second kappa shape index (κ2) is 9.22. The molecule has 0 aliphatic carbocycles. The van der Waals surface area contributed by atoms with Crippen molar-refractivity contribution < 1.29 is 17.1 Å². The quantitative estimate of drug-likeness (QED) is 0.405. The third-order valence-electron chi connectivity index (χ3n) is 0. The third kappa shape index (κ3) is 121. The molecular weight excluding hydrogens is 183 g/mol. The van der Waals surface area contributed by atoms with Crippen LogP contribution in [0, 0.1) is 6.58 Å². The molecule has 0 heterocycles. The number of hydrogen-bond acceptors (Lipinski definition) is 0. The summed E-state index contributed by atoms with van der Waals surface area (Å²) in [4.78, 5) is 0. The van der Waals surface area contributed by atoms with Crippen LogP contribution in [0.2, 0.25) is 0 Å². The van der Waals surface area contributed by atoms with Crippen LogP contribution >= 0.6 is 17.0 Å². The van der Waals surface area contributed by atoms with Gasteiger partial charge in [-0.25, -0.2) is 0 Å². The average molecular weight is 191 g/mol. The van der Waals surface area contributed by atoms with Gasteiger partial charge in [0, 0.05) is 17.1 Å². The zero-order valence-corrected chi connectivity index (χ0v) is 6.76. The maximum atomic E-state index is 5.03. The molecule has 0 aromatic heterocycles. The van der Waals surface area contributed by atoms with Crippen molar-refractivity contribution in [2.75, 3.05) is 0 Å². The van der Waals surface area contributed by atoms with Gasteiger partial charge in [0.15, 0.2) is 0 Å². The number of rotatable bonds is 0. The zero-order valence-electron chi connectivity index (χ0n) is 3.86. The predicted molar refractivity (Wildman–Crippen MR) is 29.5 cm³/mol. The number of halogens is 1. The molecule has 0 rings (SSSR count). The number of hydrogen-bond donors (Lipinski definition) is 0. The molecule has 0 spiro atoms. The van der Waals surface area contributed by atoms with E-state index in [-0.39, 0.29) is 34.1 Å². The van der Waals surface area contributed by atoms with Crippen LogP contribution in [-0.4, -0.2) is 0 Å². The van der Waals surface area contributed by atoms with Crippen LogP contribution in [0.1, 0.15) is 13.8 Å². The van der Waals surface area contributed by atoms with E-state index in [0.29, 0.717) is 0 Å². The predicted octanol–water partition coefficient (Wildman–Crippen LogP) is 1.96. The Hall–Kier alpha value is 0.739. The Kier molecular flexibility index (Phi) is 24.4. The second-order valence-electron chi connectivity index (χ2n) is 1.08. The van der Waals surface area contributed by atoms with Gasteiger partial charge in [-0.3, -0.25) is 5.57 Å². The molecule has 0 atom stereocenters. The van der Waals surface area contributed by atoms with Gasteiger partial charge >= 0.3 is 0 Å².